The van der Waals surface area contributed by atoms with E-state index in [1.54, 1.807) is 6.07 Å². The maximum Gasteiger partial charge on any atom is 0.433 e. The normalized spacial score (nSPS) is 24.9. The van der Waals surface area contributed by atoms with Crippen LogP contribution in [0.1, 0.15) is 18.1 Å². The molecule has 0 spiro atoms. The summed E-state index contributed by atoms with van der Waals surface area (Å²) in [5.74, 6) is 1.54. The highest BCUT2D eigenvalue weighted by atomic mass is 16.6. The van der Waals surface area contributed by atoms with Crippen LogP contribution in [0.15, 0.2) is 16.5 Å². The molecule has 1 aromatic heterocycles. The van der Waals surface area contributed by atoms with Crippen molar-refractivity contribution >= 4 is 5.88 Å². The third kappa shape index (κ3) is 1.63. The minimum Gasteiger partial charge on any atom is -0.406 e. The first-order valence-corrected chi connectivity index (χ1v) is 4.61. The van der Waals surface area contributed by atoms with E-state index in [4.69, 9.17) is 4.42 Å². The highest BCUT2D eigenvalue weighted by Gasteiger charge is 2.40. The first-order chi connectivity index (χ1) is 6.72. The Morgan fingerprint density at radius 3 is 3.07 bits per heavy atom. The van der Waals surface area contributed by atoms with E-state index in [2.05, 4.69) is 5.32 Å². The molecule has 1 aliphatic carbocycles. The smallest absolute Gasteiger partial charge is 0.406 e. The van der Waals surface area contributed by atoms with E-state index in [1.807, 2.05) is 7.05 Å². The van der Waals surface area contributed by atoms with Crippen molar-refractivity contribution < 1.29 is 9.34 Å². The zero-order valence-corrected chi connectivity index (χ0v) is 7.90. The second-order valence-corrected chi connectivity index (χ2v) is 3.59. The molecule has 1 saturated carbocycles. The summed E-state index contributed by atoms with van der Waals surface area (Å²) in [6, 6.07) is 3.13. The Labute approximate surface area is 81.2 Å². The summed E-state index contributed by atoms with van der Waals surface area (Å²) < 4.78 is 5.12. The van der Waals surface area contributed by atoms with Crippen LogP contribution in [0.3, 0.4) is 0 Å². The minimum atomic E-state index is -0.501. The molecule has 1 heterocycles. The largest absolute Gasteiger partial charge is 0.433 e. The van der Waals surface area contributed by atoms with Gasteiger partial charge in [0.05, 0.1) is 6.07 Å². The molecule has 1 fully saturated rings. The molecule has 0 radical (unpaired) electrons. The molecule has 1 aliphatic rings. The second-order valence-electron chi connectivity index (χ2n) is 3.59. The predicted octanol–water partition coefficient (Wildman–Crippen LogP) is 1.51. The molecule has 1 aromatic rings. The molecule has 0 saturated heterocycles. The third-order valence-electron chi connectivity index (χ3n) is 2.55. The van der Waals surface area contributed by atoms with Gasteiger partial charge in [-0.05, 0) is 32.0 Å². The SMILES string of the molecule is CNCC1CC1c1ccc([N+](=O)[O-])o1. The van der Waals surface area contributed by atoms with E-state index < -0.39 is 4.92 Å². The molecular formula is C9H12N2O3. The summed E-state index contributed by atoms with van der Waals surface area (Å²) in [5, 5.41) is 13.4. The summed E-state index contributed by atoms with van der Waals surface area (Å²) in [4.78, 5) is 9.86. The molecule has 5 heteroatoms. The highest BCUT2D eigenvalue weighted by molar-refractivity contribution is 5.24. The molecule has 76 valence electrons. The Kier molecular flexibility index (Phi) is 2.25. The maximum absolute atomic E-state index is 10.4. The Bertz CT molecular complexity index is 348. The van der Waals surface area contributed by atoms with Crippen molar-refractivity contribution in [2.24, 2.45) is 5.92 Å². The fraction of sp³-hybridized carbons (Fsp3) is 0.556. The molecule has 0 amide bonds. The van der Waals surface area contributed by atoms with Gasteiger partial charge in [0.25, 0.3) is 0 Å². The van der Waals surface area contributed by atoms with Crippen molar-refractivity contribution in [1.29, 1.82) is 0 Å². The van der Waals surface area contributed by atoms with Gasteiger partial charge in [0, 0.05) is 5.92 Å². The van der Waals surface area contributed by atoms with Crippen molar-refractivity contribution in [1.82, 2.24) is 5.32 Å². The fourth-order valence-electron chi connectivity index (χ4n) is 1.72. The lowest BCUT2D eigenvalue weighted by Gasteiger charge is -1.94. The number of nitro groups is 1. The lowest BCUT2D eigenvalue weighted by Crippen LogP contribution is -2.09. The van der Waals surface area contributed by atoms with E-state index in [0.29, 0.717) is 11.8 Å². The monoisotopic (exact) mass is 196 g/mol. The first kappa shape index (κ1) is 9.21. The van der Waals surface area contributed by atoms with Crippen LogP contribution in [0.2, 0.25) is 0 Å². The molecule has 0 aromatic carbocycles. The van der Waals surface area contributed by atoms with Gasteiger partial charge in [0.15, 0.2) is 0 Å². The van der Waals surface area contributed by atoms with E-state index in [1.165, 1.54) is 6.07 Å². The standard InChI is InChI=1S/C9H12N2O3/c1-10-5-6-4-7(6)8-2-3-9(14-8)11(12)13/h2-3,6-7,10H,4-5H2,1H3. The van der Waals surface area contributed by atoms with Gasteiger partial charge in [-0.3, -0.25) is 10.1 Å². The van der Waals surface area contributed by atoms with Gasteiger partial charge in [-0.15, -0.1) is 0 Å². The van der Waals surface area contributed by atoms with E-state index in [-0.39, 0.29) is 5.88 Å². The molecular weight excluding hydrogens is 184 g/mol. The van der Waals surface area contributed by atoms with Gasteiger partial charge in [0.2, 0.25) is 0 Å². The van der Waals surface area contributed by atoms with E-state index in [9.17, 15) is 10.1 Å². The van der Waals surface area contributed by atoms with Crippen LogP contribution in [-0.2, 0) is 0 Å². The first-order valence-electron chi connectivity index (χ1n) is 4.61. The van der Waals surface area contributed by atoms with Crippen LogP contribution in [0.4, 0.5) is 5.88 Å². The summed E-state index contributed by atoms with van der Waals surface area (Å²) in [6.07, 6.45) is 1.06. The van der Waals surface area contributed by atoms with Crippen LogP contribution in [-0.4, -0.2) is 18.5 Å². The van der Waals surface area contributed by atoms with Gasteiger partial charge in [-0.25, -0.2) is 0 Å². The van der Waals surface area contributed by atoms with Gasteiger partial charge in [-0.2, -0.15) is 0 Å². The lowest BCUT2D eigenvalue weighted by atomic mass is 10.2. The van der Waals surface area contributed by atoms with Gasteiger partial charge < -0.3 is 9.73 Å². The number of furan rings is 1. The average molecular weight is 196 g/mol. The number of nitrogens with zero attached hydrogens (tertiary/aromatic N) is 1. The van der Waals surface area contributed by atoms with Crippen molar-refractivity contribution in [3.63, 3.8) is 0 Å². The highest BCUT2D eigenvalue weighted by Crippen LogP contribution is 2.47. The van der Waals surface area contributed by atoms with Crippen molar-refractivity contribution in [2.75, 3.05) is 13.6 Å². The predicted molar refractivity (Wildman–Crippen MR) is 50.1 cm³/mol. The topological polar surface area (TPSA) is 68.3 Å². The molecule has 1 N–H and O–H groups in total. The van der Waals surface area contributed by atoms with Crippen LogP contribution in [0.5, 0.6) is 0 Å². The van der Waals surface area contributed by atoms with Crippen LogP contribution < -0.4 is 5.32 Å². The number of rotatable bonds is 4. The van der Waals surface area contributed by atoms with Crippen LogP contribution >= 0.6 is 0 Å². The fourth-order valence-corrected chi connectivity index (χ4v) is 1.72. The average Bonchev–Trinajstić information content (AvgIpc) is 2.75. The van der Waals surface area contributed by atoms with Crippen LogP contribution in [0.25, 0.3) is 0 Å². The maximum atomic E-state index is 10.4. The Morgan fingerprint density at radius 1 is 1.71 bits per heavy atom. The number of nitrogens with one attached hydrogen (secondary N) is 1. The molecule has 2 rings (SSSR count). The summed E-state index contributed by atoms with van der Waals surface area (Å²) >= 11 is 0. The van der Waals surface area contributed by atoms with Crippen molar-refractivity contribution in [3.8, 4) is 0 Å². The summed E-state index contributed by atoms with van der Waals surface area (Å²) in [7, 11) is 1.90. The zero-order chi connectivity index (χ0) is 10.1. The molecule has 5 nitrogen and oxygen atoms in total. The van der Waals surface area contributed by atoms with Gasteiger partial charge in [0.1, 0.15) is 10.7 Å². The Balaban J connectivity index is 2.01. The molecule has 0 bridgehead atoms. The Morgan fingerprint density at radius 2 is 2.50 bits per heavy atom. The molecule has 14 heavy (non-hydrogen) atoms. The molecule has 2 unspecified atom stereocenters. The third-order valence-corrected chi connectivity index (χ3v) is 2.55. The second kappa shape index (κ2) is 3.42. The van der Waals surface area contributed by atoms with Gasteiger partial charge in [-0.1, -0.05) is 0 Å². The number of hydrogen-bond acceptors (Lipinski definition) is 4. The van der Waals surface area contributed by atoms with Crippen molar-refractivity contribution in [2.45, 2.75) is 12.3 Å². The Hall–Kier alpha value is -1.36. The van der Waals surface area contributed by atoms with Crippen LogP contribution in [0, 0.1) is 16.0 Å². The lowest BCUT2D eigenvalue weighted by molar-refractivity contribution is -0.402. The van der Waals surface area contributed by atoms with Crippen molar-refractivity contribution in [3.05, 3.63) is 28.0 Å². The van der Waals surface area contributed by atoms with E-state index in [0.717, 1.165) is 18.7 Å². The minimum absolute atomic E-state index is 0.157. The van der Waals surface area contributed by atoms with E-state index >= 15 is 0 Å². The zero-order valence-electron chi connectivity index (χ0n) is 7.90. The quantitative estimate of drug-likeness (QED) is 0.585. The number of hydrogen-bond donors (Lipinski definition) is 1. The van der Waals surface area contributed by atoms with Gasteiger partial charge >= 0.3 is 5.88 Å². The molecule has 0 aliphatic heterocycles. The molecule has 2 atom stereocenters. The summed E-state index contributed by atoms with van der Waals surface area (Å²) in [6.45, 7) is 0.944. The summed E-state index contributed by atoms with van der Waals surface area (Å²) in [5.41, 5.74) is 0.